The molecule has 4 rings (SSSR count). The van der Waals surface area contributed by atoms with E-state index in [1.54, 1.807) is 13.0 Å². The Hall–Kier alpha value is -1.58. The molecular weight excluding hydrogens is 388 g/mol. The lowest BCUT2D eigenvalue weighted by Gasteiger charge is -2.61. The fourth-order valence-electron chi connectivity index (χ4n) is 8.26. The molecule has 4 aliphatic rings. The standard InChI is InChI=1S/C27H40O4/c1-17(6-11-25(29)30-5)22-9-10-23-21-8-7-19-16-20(31-18(2)28)12-14-26(19,3)24(21)13-15-27(22,23)4/h6,9,11,17,19-21,23-24H,7-8,10,12-16H2,1-5H3/b11-6+/t17-,19-,20-,21+,23+,24+,26+,27-/m0/s1. The molecule has 0 radical (unpaired) electrons. The van der Waals surface area contributed by atoms with Crippen LogP contribution < -0.4 is 0 Å². The van der Waals surface area contributed by atoms with Gasteiger partial charge in [0.1, 0.15) is 6.10 Å². The lowest BCUT2D eigenvalue weighted by atomic mass is 9.44. The first kappa shape index (κ1) is 22.6. The summed E-state index contributed by atoms with van der Waals surface area (Å²) in [5.41, 5.74) is 2.17. The van der Waals surface area contributed by atoms with E-state index in [1.165, 1.54) is 51.2 Å². The van der Waals surface area contributed by atoms with E-state index >= 15 is 0 Å². The van der Waals surface area contributed by atoms with E-state index in [2.05, 4.69) is 26.8 Å². The molecule has 172 valence electrons. The lowest BCUT2D eigenvalue weighted by molar-refractivity contribution is -0.158. The van der Waals surface area contributed by atoms with E-state index in [4.69, 9.17) is 9.47 Å². The molecule has 0 spiro atoms. The van der Waals surface area contributed by atoms with Gasteiger partial charge < -0.3 is 9.47 Å². The van der Waals surface area contributed by atoms with Crippen LogP contribution in [0.25, 0.3) is 0 Å². The predicted molar refractivity (Wildman–Crippen MR) is 121 cm³/mol. The van der Waals surface area contributed by atoms with Gasteiger partial charge in [-0.05, 0) is 91.8 Å². The molecule has 4 aliphatic carbocycles. The fourth-order valence-corrected chi connectivity index (χ4v) is 8.26. The van der Waals surface area contributed by atoms with Gasteiger partial charge in [0.15, 0.2) is 0 Å². The minimum atomic E-state index is -0.272. The highest BCUT2D eigenvalue weighted by Crippen LogP contribution is 2.67. The Morgan fingerprint density at radius 2 is 1.90 bits per heavy atom. The Morgan fingerprint density at radius 1 is 1.13 bits per heavy atom. The van der Waals surface area contributed by atoms with E-state index in [0.717, 1.165) is 30.6 Å². The molecule has 0 saturated heterocycles. The van der Waals surface area contributed by atoms with Gasteiger partial charge in [0.05, 0.1) is 7.11 Å². The number of carbonyl (C=O) groups is 2. The maximum Gasteiger partial charge on any atom is 0.330 e. The lowest BCUT2D eigenvalue weighted by Crippen LogP contribution is -2.54. The van der Waals surface area contributed by atoms with Crippen LogP contribution in [0.5, 0.6) is 0 Å². The topological polar surface area (TPSA) is 52.6 Å². The molecule has 0 aliphatic heterocycles. The van der Waals surface area contributed by atoms with Gasteiger partial charge in [-0.3, -0.25) is 4.79 Å². The van der Waals surface area contributed by atoms with Crippen LogP contribution >= 0.6 is 0 Å². The number of allylic oxidation sites excluding steroid dienone is 3. The Bertz CT molecular complexity index is 782. The molecule has 0 aromatic rings. The third-order valence-corrected chi connectivity index (χ3v) is 9.80. The molecule has 0 N–H and O–H groups in total. The number of hydrogen-bond acceptors (Lipinski definition) is 4. The number of hydrogen-bond donors (Lipinski definition) is 0. The van der Waals surface area contributed by atoms with Gasteiger partial charge in [-0.25, -0.2) is 4.79 Å². The van der Waals surface area contributed by atoms with Crippen LogP contribution in [-0.2, 0) is 19.1 Å². The van der Waals surface area contributed by atoms with Crippen LogP contribution in [0.1, 0.15) is 79.1 Å². The maximum absolute atomic E-state index is 11.6. The first-order chi connectivity index (χ1) is 14.7. The first-order valence-electron chi connectivity index (χ1n) is 12.3. The summed E-state index contributed by atoms with van der Waals surface area (Å²) < 4.78 is 10.4. The van der Waals surface area contributed by atoms with Crippen molar-refractivity contribution in [2.75, 3.05) is 7.11 Å². The van der Waals surface area contributed by atoms with Crippen LogP contribution in [0.2, 0.25) is 0 Å². The van der Waals surface area contributed by atoms with E-state index < -0.39 is 0 Å². The quantitative estimate of drug-likeness (QED) is 0.320. The Balaban J connectivity index is 1.49. The van der Waals surface area contributed by atoms with Crippen LogP contribution in [0, 0.1) is 40.4 Å². The second-order valence-electron chi connectivity index (χ2n) is 11.2. The summed E-state index contributed by atoms with van der Waals surface area (Å²) in [6.07, 6.45) is 15.8. The molecule has 0 unspecified atom stereocenters. The molecule has 0 amide bonds. The number of rotatable bonds is 4. The highest BCUT2D eigenvalue weighted by Gasteiger charge is 2.58. The average Bonchev–Trinajstić information content (AvgIpc) is 3.09. The molecule has 0 aromatic heterocycles. The van der Waals surface area contributed by atoms with E-state index in [9.17, 15) is 9.59 Å². The van der Waals surface area contributed by atoms with Gasteiger partial charge in [0, 0.05) is 13.0 Å². The summed E-state index contributed by atoms with van der Waals surface area (Å²) in [6.45, 7) is 8.80. The van der Waals surface area contributed by atoms with Crippen LogP contribution in [0.4, 0.5) is 0 Å². The van der Waals surface area contributed by atoms with Gasteiger partial charge in [-0.15, -0.1) is 0 Å². The van der Waals surface area contributed by atoms with Gasteiger partial charge in [0.25, 0.3) is 0 Å². The average molecular weight is 429 g/mol. The minimum absolute atomic E-state index is 0.128. The number of esters is 2. The molecule has 4 heteroatoms. The SMILES string of the molecule is COC(=O)/C=C/[C@H](C)C1=CC[C@@H]2[C@H]3CC[C@H]4C[C@@H](OC(C)=O)CC[C@@]4(C)[C@@H]3CC[C@@]12C. The van der Waals surface area contributed by atoms with Crippen molar-refractivity contribution < 1.29 is 19.1 Å². The smallest absolute Gasteiger partial charge is 0.330 e. The second kappa shape index (κ2) is 8.41. The van der Waals surface area contributed by atoms with Crippen molar-refractivity contribution in [3.63, 3.8) is 0 Å². The third kappa shape index (κ3) is 3.89. The zero-order chi connectivity index (χ0) is 22.4. The molecule has 0 bridgehead atoms. The van der Waals surface area contributed by atoms with Gasteiger partial charge >= 0.3 is 11.9 Å². The summed E-state index contributed by atoms with van der Waals surface area (Å²) in [4.78, 5) is 23.0. The number of fused-ring (bicyclic) bond motifs is 5. The van der Waals surface area contributed by atoms with Crippen molar-refractivity contribution in [2.45, 2.75) is 85.2 Å². The van der Waals surface area contributed by atoms with Crippen molar-refractivity contribution in [2.24, 2.45) is 40.4 Å². The molecular formula is C27H40O4. The third-order valence-electron chi connectivity index (χ3n) is 9.80. The normalized spacial score (nSPS) is 42.7. The summed E-state index contributed by atoms with van der Waals surface area (Å²) in [5, 5.41) is 0. The summed E-state index contributed by atoms with van der Waals surface area (Å²) in [6, 6.07) is 0. The minimum Gasteiger partial charge on any atom is -0.466 e. The van der Waals surface area contributed by atoms with E-state index in [0.29, 0.717) is 11.3 Å². The highest BCUT2D eigenvalue weighted by atomic mass is 16.5. The Morgan fingerprint density at radius 3 is 2.61 bits per heavy atom. The van der Waals surface area contributed by atoms with Crippen molar-refractivity contribution in [3.8, 4) is 0 Å². The van der Waals surface area contributed by atoms with E-state index in [1.807, 2.05) is 6.08 Å². The Kier molecular flexibility index (Phi) is 6.13. The molecule has 31 heavy (non-hydrogen) atoms. The van der Waals surface area contributed by atoms with Gasteiger partial charge in [-0.1, -0.05) is 38.5 Å². The van der Waals surface area contributed by atoms with Crippen molar-refractivity contribution in [1.29, 1.82) is 0 Å². The zero-order valence-corrected chi connectivity index (χ0v) is 20.0. The number of methoxy groups -OCH3 is 1. The van der Waals surface area contributed by atoms with Gasteiger partial charge in [-0.2, -0.15) is 0 Å². The Labute approximate surface area is 187 Å². The monoisotopic (exact) mass is 428 g/mol. The largest absolute Gasteiger partial charge is 0.466 e. The molecule has 8 atom stereocenters. The fraction of sp³-hybridized carbons (Fsp3) is 0.778. The van der Waals surface area contributed by atoms with E-state index in [-0.39, 0.29) is 29.4 Å². The summed E-state index contributed by atoms with van der Waals surface area (Å²) in [7, 11) is 1.43. The van der Waals surface area contributed by atoms with Crippen LogP contribution in [-0.4, -0.2) is 25.2 Å². The molecule has 4 nitrogen and oxygen atoms in total. The molecule has 0 heterocycles. The van der Waals surface area contributed by atoms with Crippen molar-refractivity contribution >= 4 is 11.9 Å². The highest BCUT2D eigenvalue weighted by molar-refractivity contribution is 5.81. The number of ether oxygens (including phenoxy) is 2. The van der Waals surface area contributed by atoms with Gasteiger partial charge in [0.2, 0.25) is 0 Å². The van der Waals surface area contributed by atoms with Crippen LogP contribution in [0.3, 0.4) is 0 Å². The van der Waals surface area contributed by atoms with Crippen molar-refractivity contribution in [1.82, 2.24) is 0 Å². The molecule has 0 aromatic carbocycles. The zero-order valence-electron chi connectivity index (χ0n) is 20.0. The number of carbonyl (C=O) groups excluding carboxylic acids is 2. The predicted octanol–water partition coefficient (Wildman–Crippen LogP) is 5.86. The molecule has 3 saturated carbocycles. The maximum atomic E-state index is 11.6. The summed E-state index contributed by atoms with van der Waals surface area (Å²) >= 11 is 0. The van der Waals surface area contributed by atoms with Crippen LogP contribution in [0.15, 0.2) is 23.8 Å². The first-order valence-corrected chi connectivity index (χ1v) is 12.3. The molecule has 3 fully saturated rings. The van der Waals surface area contributed by atoms with Crippen molar-refractivity contribution in [3.05, 3.63) is 23.8 Å². The second-order valence-corrected chi connectivity index (χ2v) is 11.2. The summed E-state index contributed by atoms with van der Waals surface area (Å²) in [5.74, 6) is 2.86.